The molecule has 0 saturated heterocycles. The van der Waals surface area contributed by atoms with Crippen molar-refractivity contribution in [2.75, 3.05) is 11.1 Å². The molecule has 0 aromatic carbocycles. The molecule has 0 spiro atoms. The van der Waals surface area contributed by atoms with Gasteiger partial charge in [-0.1, -0.05) is 23.1 Å². The number of nitrogen functional groups attached to an aromatic ring is 1. The van der Waals surface area contributed by atoms with Crippen molar-refractivity contribution in [3.8, 4) is 0 Å². The summed E-state index contributed by atoms with van der Waals surface area (Å²) in [5.74, 6) is -0.0945. The molecule has 0 aliphatic rings. The molecule has 9 heteroatoms. The van der Waals surface area contributed by atoms with E-state index in [9.17, 15) is 4.79 Å². The van der Waals surface area contributed by atoms with Crippen LogP contribution in [0.1, 0.15) is 18.3 Å². The number of rotatable bonds is 4. The van der Waals surface area contributed by atoms with Gasteiger partial charge in [0.1, 0.15) is 0 Å². The van der Waals surface area contributed by atoms with E-state index in [1.165, 1.54) is 23.1 Å². The van der Waals surface area contributed by atoms with Crippen molar-refractivity contribution in [1.29, 1.82) is 0 Å². The summed E-state index contributed by atoms with van der Waals surface area (Å²) in [5.41, 5.74) is 8.01. The first-order valence-electron chi connectivity index (χ1n) is 5.95. The zero-order valence-corrected chi connectivity index (χ0v) is 13.3. The fourth-order valence-electron chi connectivity index (χ4n) is 1.65. The Hall–Kier alpha value is -1.61. The van der Waals surface area contributed by atoms with E-state index in [1.807, 2.05) is 27.8 Å². The average Bonchev–Trinajstić information content (AvgIpc) is 2.88. The van der Waals surface area contributed by atoms with Crippen LogP contribution >= 0.6 is 23.1 Å². The molecule has 20 heavy (non-hydrogen) atoms. The number of aromatic nitrogens is 4. The number of carbonyl (C=O) groups excluding carboxylic acids is 1. The molecule has 0 aliphatic carbocycles. The van der Waals surface area contributed by atoms with Crippen LogP contribution in [0.2, 0.25) is 0 Å². The minimum absolute atomic E-state index is 0.0945. The van der Waals surface area contributed by atoms with Gasteiger partial charge in [-0.25, -0.2) is 0 Å². The molecule has 0 bridgehead atoms. The summed E-state index contributed by atoms with van der Waals surface area (Å²) >= 11 is 2.61. The van der Waals surface area contributed by atoms with Gasteiger partial charge in [-0.15, -0.1) is 10.2 Å². The third-order valence-electron chi connectivity index (χ3n) is 2.83. The van der Waals surface area contributed by atoms with Crippen LogP contribution in [0.4, 0.5) is 10.8 Å². The molecular formula is C11H16N6OS2. The zero-order chi connectivity index (χ0) is 14.9. The summed E-state index contributed by atoms with van der Waals surface area (Å²) in [6.07, 6.45) is 0. The van der Waals surface area contributed by atoms with Crippen molar-refractivity contribution in [2.24, 2.45) is 7.05 Å². The van der Waals surface area contributed by atoms with E-state index in [-0.39, 0.29) is 11.2 Å². The van der Waals surface area contributed by atoms with Crippen molar-refractivity contribution in [1.82, 2.24) is 20.0 Å². The van der Waals surface area contributed by atoms with E-state index in [1.54, 1.807) is 4.68 Å². The van der Waals surface area contributed by atoms with E-state index in [0.29, 0.717) is 9.47 Å². The lowest BCUT2D eigenvalue weighted by Crippen LogP contribution is -2.23. The molecule has 2 rings (SSSR count). The van der Waals surface area contributed by atoms with Gasteiger partial charge in [-0.2, -0.15) is 5.10 Å². The van der Waals surface area contributed by atoms with Crippen LogP contribution in [0, 0.1) is 13.8 Å². The number of hydrogen-bond donors (Lipinski definition) is 2. The normalized spacial score (nSPS) is 12.4. The predicted molar refractivity (Wildman–Crippen MR) is 81.0 cm³/mol. The van der Waals surface area contributed by atoms with Crippen LogP contribution in [0.25, 0.3) is 0 Å². The molecule has 7 nitrogen and oxygen atoms in total. The van der Waals surface area contributed by atoms with Crippen LogP contribution in [0.5, 0.6) is 0 Å². The summed E-state index contributed by atoms with van der Waals surface area (Å²) in [6.45, 7) is 5.60. The quantitative estimate of drug-likeness (QED) is 0.832. The largest absolute Gasteiger partial charge is 0.374 e. The summed E-state index contributed by atoms with van der Waals surface area (Å²) in [5, 5.41) is 14.9. The zero-order valence-electron chi connectivity index (χ0n) is 11.7. The van der Waals surface area contributed by atoms with Gasteiger partial charge in [-0.3, -0.25) is 9.48 Å². The Bertz CT molecular complexity index is 635. The summed E-state index contributed by atoms with van der Waals surface area (Å²) < 4.78 is 2.43. The number of thioether (sulfide) groups is 1. The Morgan fingerprint density at radius 3 is 2.65 bits per heavy atom. The Morgan fingerprint density at radius 2 is 2.15 bits per heavy atom. The highest BCUT2D eigenvalue weighted by Gasteiger charge is 2.19. The maximum Gasteiger partial charge on any atom is 0.237 e. The molecule has 3 N–H and O–H groups in total. The SMILES string of the molecule is Cc1nn(C)c(C)c1NC(=O)[C@H](C)Sc1nnc(N)s1. The van der Waals surface area contributed by atoms with E-state index < -0.39 is 0 Å². The molecule has 108 valence electrons. The second-order valence-corrected chi connectivity index (χ2v) is 6.92. The number of nitrogens with zero attached hydrogens (tertiary/aromatic N) is 4. The van der Waals surface area contributed by atoms with Gasteiger partial charge >= 0.3 is 0 Å². The minimum atomic E-state index is -0.290. The lowest BCUT2D eigenvalue weighted by molar-refractivity contribution is -0.115. The molecule has 2 heterocycles. The van der Waals surface area contributed by atoms with Crippen molar-refractivity contribution in [3.63, 3.8) is 0 Å². The van der Waals surface area contributed by atoms with Gasteiger partial charge in [0.05, 0.1) is 22.3 Å². The standard InChI is InChI=1S/C11H16N6OS2/c1-5-8(6(2)17(4)16-5)13-9(18)7(3)19-11-15-14-10(12)20-11/h7H,1-4H3,(H2,12,14)(H,13,18)/t7-/m0/s1. The lowest BCUT2D eigenvalue weighted by atomic mass is 10.3. The van der Waals surface area contributed by atoms with Crippen LogP contribution in [0.15, 0.2) is 4.34 Å². The second kappa shape index (κ2) is 5.80. The van der Waals surface area contributed by atoms with Gasteiger partial charge in [-0.05, 0) is 20.8 Å². The fraction of sp³-hybridized carbons (Fsp3) is 0.455. The maximum absolute atomic E-state index is 12.2. The molecule has 0 unspecified atom stereocenters. The van der Waals surface area contributed by atoms with Crippen LogP contribution < -0.4 is 11.1 Å². The summed E-state index contributed by atoms with van der Waals surface area (Å²) in [4.78, 5) is 12.2. The van der Waals surface area contributed by atoms with Crippen LogP contribution in [-0.4, -0.2) is 31.1 Å². The van der Waals surface area contributed by atoms with Gasteiger partial charge in [0, 0.05) is 7.05 Å². The maximum atomic E-state index is 12.2. The smallest absolute Gasteiger partial charge is 0.237 e. The first-order valence-corrected chi connectivity index (χ1v) is 7.64. The van der Waals surface area contributed by atoms with E-state index >= 15 is 0 Å². The number of anilines is 2. The number of amides is 1. The number of nitrogens with two attached hydrogens (primary N) is 1. The first-order chi connectivity index (χ1) is 9.38. The van der Waals surface area contributed by atoms with Gasteiger partial charge in [0.15, 0.2) is 4.34 Å². The highest BCUT2D eigenvalue weighted by molar-refractivity contribution is 8.02. The number of hydrogen-bond acceptors (Lipinski definition) is 7. The van der Waals surface area contributed by atoms with E-state index in [4.69, 9.17) is 5.73 Å². The fourth-order valence-corrected chi connectivity index (χ4v) is 3.43. The molecule has 0 radical (unpaired) electrons. The third-order valence-corrected chi connectivity index (χ3v) is 4.76. The van der Waals surface area contributed by atoms with E-state index in [2.05, 4.69) is 20.6 Å². The molecule has 2 aromatic rings. The van der Waals surface area contributed by atoms with Crippen LogP contribution in [-0.2, 0) is 11.8 Å². The molecular weight excluding hydrogens is 296 g/mol. The number of aryl methyl sites for hydroxylation is 2. The first kappa shape index (κ1) is 14.8. The lowest BCUT2D eigenvalue weighted by Gasteiger charge is -2.10. The van der Waals surface area contributed by atoms with Crippen molar-refractivity contribution in [2.45, 2.75) is 30.4 Å². The minimum Gasteiger partial charge on any atom is -0.374 e. The highest BCUT2D eigenvalue weighted by Crippen LogP contribution is 2.28. The Kier molecular flexibility index (Phi) is 4.29. The molecule has 1 amide bonds. The predicted octanol–water partition coefficient (Wildman–Crippen LogP) is 1.59. The third kappa shape index (κ3) is 3.10. The summed E-state index contributed by atoms with van der Waals surface area (Å²) in [7, 11) is 1.85. The average molecular weight is 312 g/mol. The van der Waals surface area contributed by atoms with Crippen molar-refractivity contribution < 1.29 is 4.79 Å². The monoisotopic (exact) mass is 312 g/mol. The van der Waals surface area contributed by atoms with Gasteiger partial charge in [0.2, 0.25) is 11.0 Å². The number of carbonyl (C=O) groups is 1. The molecule has 0 aliphatic heterocycles. The molecule has 1 atom stereocenters. The second-order valence-electron chi connectivity index (χ2n) is 4.32. The Labute approximate surface area is 125 Å². The van der Waals surface area contributed by atoms with Crippen molar-refractivity contribution >= 4 is 39.8 Å². The molecule has 0 saturated carbocycles. The topological polar surface area (TPSA) is 98.7 Å². The molecule has 2 aromatic heterocycles. The van der Waals surface area contributed by atoms with Crippen LogP contribution in [0.3, 0.4) is 0 Å². The molecule has 0 fully saturated rings. The Balaban J connectivity index is 2.04. The summed E-state index contributed by atoms with van der Waals surface area (Å²) in [6, 6.07) is 0. The van der Waals surface area contributed by atoms with Gasteiger partial charge in [0.25, 0.3) is 0 Å². The highest BCUT2D eigenvalue weighted by atomic mass is 32.2. The number of nitrogens with one attached hydrogen (secondary N) is 1. The van der Waals surface area contributed by atoms with Crippen molar-refractivity contribution in [3.05, 3.63) is 11.4 Å². The van der Waals surface area contributed by atoms with E-state index in [0.717, 1.165) is 17.1 Å². The Morgan fingerprint density at radius 1 is 1.45 bits per heavy atom. The van der Waals surface area contributed by atoms with Gasteiger partial charge < -0.3 is 11.1 Å².